The van der Waals surface area contributed by atoms with Crippen molar-refractivity contribution < 1.29 is 9.47 Å². The van der Waals surface area contributed by atoms with Gasteiger partial charge in [0.2, 0.25) is 0 Å². The second-order valence-corrected chi connectivity index (χ2v) is 4.46. The highest BCUT2D eigenvalue weighted by atomic mass is 35.5. The van der Waals surface area contributed by atoms with Crippen LogP contribution in [0.2, 0.25) is 5.02 Å². The summed E-state index contributed by atoms with van der Waals surface area (Å²) >= 11 is 6.08. The smallest absolute Gasteiger partial charge is 0.127 e. The van der Waals surface area contributed by atoms with Gasteiger partial charge < -0.3 is 14.8 Å². The molecular formula is C13H18ClNO2. The predicted molar refractivity (Wildman–Crippen MR) is 68.9 cm³/mol. The van der Waals surface area contributed by atoms with Gasteiger partial charge in [0.15, 0.2) is 0 Å². The molecule has 0 saturated heterocycles. The second-order valence-electron chi connectivity index (χ2n) is 4.03. The monoisotopic (exact) mass is 255 g/mol. The van der Waals surface area contributed by atoms with Gasteiger partial charge in [0.25, 0.3) is 0 Å². The zero-order valence-corrected chi connectivity index (χ0v) is 10.8. The van der Waals surface area contributed by atoms with Crippen LogP contribution in [0.25, 0.3) is 0 Å². The van der Waals surface area contributed by atoms with Gasteiger partial charge in [-0.25, -0.2) is 0 Å². The highest BCUT2D eigenvalue weighted by Crippen LogP contribution is 2.32. The van der Waals surface area contributed by atoms with Crippen molar-refractivity contribution in [1.29, 1.82) is 0 Å². The summed E-state index contributed by atoms with van der Waals surface area (Å²) in [7, 11) is 0. The van der Waals surface area contributed by atoms with Crippen LogP contribution in [0.15, 0.2) is 12.1 Å². The van der Waals surface area contributed by atoms with Crippen LogP contribution < -0.4 is 10.1 Å². The molecule has 0 unspecified atom stereocenters. The summed E-state index contributed by atoms with van der Waals surface area (Å²) < 4.78 is 10.9. The molecule has 4 heteroatoms. The third-order valence-corrected chi connectivity index (χ3v) is 2.99. The van der Waals surface area contributed by atoms with Crippen molar-refractivity contribution in [3.8, 4) is 5.75 Å². The predicted octanol–water partition coefficient (Wildman–Crippen LogP) is 2.40. The molecule has 1 aliphatic rings. The number of ether oxygens (including phenoxy) is 2. The topological polar surface area (TPSA) is 30.5 Å². The van der Waals surface area contributed by atoms with E-state index in [1.807, 2.05) is 19.1 Å². The van der Waals surface area contributed by atoms with Crippen molar-refractivity contribution in [3.63, 3.8) is 0 Å². The maximum Gasteiger partial charge on any atom is 0.127 e. The molecule has 1 aromatic rings. The summed E-state index contributed by atoms with van der Waals surface area (Å²) in [5, 5.41) is 4.12. The molecule has 2 rings (SSSR count). The van der Waals surface area contributed by atoms with Crippen LogP contribution in [0.3, 0.4) is 0 Å². The maximum absolute atomic E-state index is 6.08. The Hall–Kier alpha value is -0.770. The number of hydrogen-bond donors (Lipinski definition) is 1. The van der Waals surface area contributed by atoms with Crippen LogP contribution in [0.1, 0.15) is 18.1 Å². The maximum atomic E-state index is 6.08. The van der Waals surface area contributed by atoms with E-state index in [9.17, 15) is 0 Å². The molecule has 0 bridgehead atoms. The normalized spacial score (nSPS) is 13.5. The second kappa shape index (κ2) is 6.24. The quantitative estimate of drug-likeness (QED) is 0.792. The number of benzene rings is 1. The van der Waals surface area contributed by atoms with Crippen molar-refractivity contribution in [2.24, 2.45) is 0 Å². The lowest BCUT2D eigenvalue weighted by Crippen LogP contribution is -2.19. The fraction of sp³-hybridized carbons (Fsp3) is 0.538. The summed E-state index contributed by atoms with van der Waals surface area (Å²) in [4.78, 5) is 0. The molecule has 0 aromatic heterocycles. The van der Waals surface area contributed by atoms with Gasteiger partial charge in [-0.3, -0.25) is 0 Å². The molecule has 0 aliphatic carbocycles. The molecule has 0 saturated carbocycles. The van der Waals surface area contributed by atoms with Gasteiger partial charge in [0.05, 0.1) is 13.2 Å². The number of hydrogen-bond acceptors (Lipinski definition) is 3. The minimum atomic E-state index is 0.736. The molecule has 0 fully saturated rings. The van der Waals surface area contributed by atoms with Gasteiger partial charge in [-0.15, -0.1) is 0 Å². The van der Waals surface area contributed by atoms with Crippen molar-refractivity contribution >= 4 is 11.6 Å². The Morgan fingerprint density at radius 3 is 3.18 bits per heavy atom. The fourth-order valence-corrected chi connectivity index (χ4v) is 2.25. The standard InChI is InChI=1S/C13H18ClNO2/c1-2-16-6-4-15-9-11-8-12(14)7-10-3-5-17-13(10)11/h7-8,15H,2-6,9H2,1H3. The molecule has 3 nitrogen and oxygen atoms in total. The van der Waals surface area contributed by atoms with E-state index in [1.54, 1.807) is 0 Å². The first kappa shape index (κ1) is 12.7. The Morgan fingerprint density at radius 2 is 2.35 bits per heavy atom. The van der Waals surface area contributed by atoms with E-state index in [-0.39, 0.29) is 0 Å². The third-order valence-electron chi connectivity index (χ3n) is 2.77. The highest BCUT2D eigenvalue weighted by molar-refractivity contribution is 6.30. The van der Waals surface area contributed by atoms with Crippen molar-refractivity contribution in [2.75, 3.05) is 26.4 Å². The van der Waals surface area contributed by atoms with Gasteiger partial charge in [0.1, 0.15) is 5.75 Å². The molecule has 1 N–H and O–H groups in total. The Kier molecular flexibility index (Phi) is 4.66. The van der Waals surface area contributed by atoms with E-state index >= 15 is 0 Å². The van der Waals surface area contributed by atoms with Crippen LogP contribution >= 0.6 is 11.6 Å². The molecule has 0 atom stereocenters. The van der Waals surface area contributed by atoms with Crippen LogP contribution in [0, 0.1) is 0 Å². The summed E-state index contributed by atoms with van der Waals surface area (Å²) in [5.74, 6) is 1.01. The fourth-order valence-electron chi connectivity index (χ4n) is 1.99. The van der Waals surface area contributed by atoms with Crippen LogP contribution in [0.4, 0.5) is 0 Å². The van der Waals surface area contributed by atoms with Gasteiger partial charge in [-0.2, -0.15) is 0 Å². The lowest BCUT2D eigenvalue weighted by molar-refractivity contribution is 0.149. The molecule has 0 amide bonds. The van der Waals surface area contributed by atoms with Gasteiger partial charge in [0, 0.05) is 36.7 Å². The van der Waals surface area contributed by atoms with Gasteiger partial charge in [-0.1, -0.05) is 11.6 Å². The Labute approximate surface area is 107 Å². The van der Waals surface area contributed by atoms with Crippen LogP contribution in [-0.4, -0.2) is 26.4 Å². The van der Waals surface area contributed by atoms with Crippen LogP contribution in [0.5, 0.6) is 5.75 Å². The van der Waals surface area contributed by atoms with E-state index < -0.39 is 0 Å². The van der Waals surface area contributed by atoms with Crippen molar-refractivity contribution in [1.82, 2.24) is 5.32 Å². The summed E-state index contributed by atoms with van der Waals surface area (Å²) in [6.07, 6.45) is 0.960. The number of nitrogens with one attached hydrogen (secondary N) is 1. The first-order valence-corrected chi connectivity index (χ1v) is 6.41. The molecule has 1 aromatic carbocycles. The summed E-state index contributed by atoms with van der Waals surface area (Å²) in [6, 6.07) is 3.97. The minimum Gasteiger partial charge on any atom is -0.493 e. The zero-order chi connectivity index (χ0) is 12.1. The lowest BCUT2D eigenvalue weighted by Gasteiger charge is -2.10. The van der Waals surface area contributed by atoms with E-state index in [0.717, 1.165) is 55.7 Å². The highest BCUT2D eigenvalue weighted by Gasteiger charge is 2.16. The van der Waals surface area contributed by atoms with Crippen molar-refractivity contribution in [3.05, 3.63) is 28.3 Å². The third kappa shape index (κ3) is 3.35. The average Bonchev–Trinajstić information content (AvgIpc) is 2.76. The number of halogens is 1. The Balaban J connectivity index is 1.92. The van der Waals surface area contributed by atoms with Crippen LogP contribution in [-0.2, 0) is 17.7 Å². The first-order chi connectivity index (χ1) is 8.31. The SMILES string of the molecule is CCOCCNCc1cc(Cl)cc2c1OCC2. The van der Waals surface area contributed by atoms with E-state index in [2.05, 4.69) is 5.32 Å². The van der Waals surface area contributed by atoms with Gasteiger partial charge >= 0.3 is 0 Å². The zero-order valence-electron chi connectivity index (χ0n) is 10.1. The Bertz CT molecular complexity index is 382. The Morgan fingerprint density at radius 1 is 1.47 bits per heavy atom. The van der Waals surface area contributed by atoms with E-state index in [1.165, 1.54) is 5.56 Å². The van der Waals surface area contributed by atoms with Gasteiger partial charge in [-0.05, 0) is 24.6 Å². The van der Waals surface area contributed by atoms with Crippen molar-refractivity contribution in [2.45, 2.75) is 19.9 Å². The molecular weight excluding hydrogens is 238 g/mol. The summed E-state index contributed by atoms with van der Waals surface area (Å²) in [5.41, 5.74) is 2.36. The minimum absolute atomic E-state index is 0.736. The lowest BCUT2D eigenvalue weighted by atomic mass is 10.1. The largest absolute Gasteiger partial charge is 0.493 e. The molecule has 1 aliphatic heterocycles. The number of fused-ring (bicyclic) bond motifs is 1. The number of rotatable bonds is 6. The van der Waals surface area contributed by atoms with E-state index in [0.29, 0.717) is 0 Å². The molecule has 1 heterocycles. The molecule has 0 radical (unpaired) electrons. The summed E-state index contributed by atoms with van der Waals surface area (Å²) in [6.45, 7) is 5.88. The molecule has 0 spiro atoms. The average molecular weight is 256 g/mol. The van der Waals surface area contributed by atoms with E-state index in [4.69, 9.17) is 21.1 Å². The molecule has 94 valence electrons. The molecule has 17 heavy (non-hydrogen) atoms. The first-order valence-electron chi connectivity index (χ1n) is 6.04.